The smallest absolute Gasteiger partial charge is 0.0681 e. The number of aliphatic hydroxyl groups is 2. The van der Waals surface area contributed by atoms with E-state index in [4.69, 9.17) is 9.84 Å². The van der Waals surface area contributed by atoms with Gasteiger partial charge in [0.1, 0.15) is 0 Å². The highest BCUT2D eigenvalue weighted by Crippen LogP contribution is 2.32. The fourth-order valence-corrected chi connectivity index (χ4v) is 3.65. The molecule has 1 aliphatic carbocycles. The van der Waals surface area contributed by atoms with Crippen LogP contribution < -0.4 is 0 Å². The Bertz CT molecular complexity index is 448. The summed E-state index contributed by atoms with van der Waals surface area (Å²) in [6.45, 7) is 3.41. The Morgan fingerprint density at radius 3 is 2.57 bits per heavy atom. The number of morpholine rings is 1. The molecule has 1 aliphatic heterocycles. The van der Waals surface area contributed by atoms with E-state index in [1.165, 1.54) is 5.56 Å². The van der Waals surface area contributed by atoms with Crippen molar-refractivity contribution in [1.29, 1.82) is 0 Å². The standard InChI is InChI=1S/C17H25NO3/c19-11-14-6-4-13(5-7-14)10-18-8-9-21-12-16(18)15-2-1-3-17(15)20/h4-7,15-17,19-20H,1-3,8-12H2. The normalized spacial score (nSPS) is 30.7. The van der Waals surface area contributed by atoms with Crippen LogP contribution in [0.5, 0.6) is 0 Å². The summed E-state index contributed by atoms with van der Waals surface area (Å²) in [6.07, 6.45) is 2.99. The zero-order valence-electron chi connectivity index (χ0n) is 12.4. The molecule has 3 unspecified atom stereocenters. The number of ether oxygens (including phenoxy) is 1. The maximum absolute atomic E-state index is 10.2. The van der Waals surface area contributed by atoms with Crippen LogP contribution in [0.15, 0.2) is 24.3 Å². The molecule has 4 nitrogen and oxygen atoms in total. The molecule has 1 aromatic rings. The summed E-state index contributed by atoms with van der Waals surface area (Å²) < 4.78 is 5.66. The lowest BCUT2D eigenvalue weighted by Crippen LogP contribution is -2.50. The SMILES string of the molecule is OCc1ccc(CN2CCOCC2C2CCCC2O)cc1. The van der Waals surface area contributed by atoms with Gasteiger partial charge in [-0.15, -0.1) is 0 Å². The van der Waals surface area contributed by atoms with Crippen LogP contribution in [-0.4, -0.2) is 47.0 Å². The first-order chi connectivity index (χ1) is 10.3. The van der Waals surface area contributed by atoms with Crippen LogP contribution >= 0.6 is 0 Å². The van der Waals surface area contributed by atoms with Gasteiger partial charge >= 0.3 is 0 Å². The molecule has 2 N–H and O–H groups in total. The predicted octanol–water partition coefficient (Wildman–Crippen LogP) is 1.54. The maximum atomic E-state index is 10.2. The molecule has 2 fully saturated rings. The van der Waals surface area contributed by atoms with Gasteiger partial charge in [0, 0.05) is 25.0 Å². The molecule has 3 atom stereocenters. The summed E-state index contributed by atoms with van der Waals surface area (Å²) in [7, 11) is 0. The summed E-state index contributed by atoms with van der Waals surface area (Å²) in [5, 5.41) is 19.3. The number of benzene rings is 1. The molecule has 116 valence electrons. The number of rotatable bonds is 4. The second kappa shape index (κ2) is 6.88. The maximum Gasteiger partial charge on any atom is 0.0681 e. The summed E-state index contributed by atoms with van der Waals surface area (Å²) >= 11 is 0. The molecule has 4 heteroatoms. The number of hydrogen-bond acceptors (Lipinski definition) is 4. The minimum atomic E-state index is -0.170. The van der Waals surface area contributed by atoms with E-state index in [9.17, 15) is 5.11 Å². The number of aliphatic hydroxyl groups excluding tert-OH is 2. The highest BCUT2D eigenvalue weighted by atomic mass is 16.5. The molecule has 1 heterocycles. The zero-order valence-corrected chi connectivity index (χ0v) is 12.4. The van der Waals surface area contributed by atoms with Crippen molar-refractivity contribution in [2.75, 3.05) is 19.8 Å². The lowest BCUT2D eigenvalue weighted by Gasteiger charge is -2.40. The highest BCUT2D eigenvalue weighted by molar-refractivity contribution is 5.22. The second-order valence-corrected chi connectivity index (χ2v) is 6.25. The van der Waals surface area contributed by atoms with Crippen LogP contribution in [0, 0.1) is 5.92 Å². The minimum Gasteiger partial charge on any atom is -0.393 e. The van der Waals surface area contributed by atoms with Gasteiger partial charge in [0.2, 0.25) is 0 Å². The Kier molecular flexibility index (Phi) is 4.91. The summed E-state index contributed by atoms with van der Waals surface area (Å²) in [6, 6.07) is 8.46. The average Bonchev–Trinajstić information content (AvgIpc) is 2.95. The molecule has 1 aromatic carbocycles. The van der Waals surface area contributed by atoms with Gasteiger partial charge in [-0.3, -0.25) is 4.90 Å². The van der Waals surface area contributed by atoms with Gasteiger partial charge in [-0.1, -0.05) is 30.7 Å². The molecular weight excluding hydrogens is 266 g/mol. The van der Waals surface area contributed by atoms with E-state index in [0.29, 0.717) is 12.0 Å². The Labute approximate surface area is 126 Å². The minimum absolute atomic E-state index is 0.0920. The summed E-state index contributed by atoms with van der Waals surface area (Å²) in [5.74, 6) is 0.349. The molecule has 0 radical (unpaired) electrons. The third-order valence-electron chi connectivity index (χ3n) is 4.90. The molecule has 0 spiro atoms. The number of nitrogens with zero attached hydrogens (tertiary/aromatic N) is 1. The largest absolute Gasteiger partial charge is 0.393 e. The van der Waals surface area contributed by atoms with Crippen LogP contribution in [0.25, 0.3) is 0 Å². The van der Waals surface area contributed by atoms with Crippen molar-refractivity contribution in [2.24, 2.45) is 5.92 Å². The van der Waals surface area contributed by atoms with E-state index in [1.54, 1.807) is 0 Å². The third-order valence-corrected chi connectivity index (χ3v) is 4.90. The Morgan fingerprint density at radius 1 is 1.14 bits per heavy atom. The van der Waals surface area contributed by atoms with Crippen LogP contribution in [0.2, 0.25) is 0 Å². The Morgan fingerprint density at radius 2 is 1.90 bits per heavy atom. The van der Waals surface area contributed by atoms with Crippen molar-refractivity contribution < 1.29 is 14.9 Å². The Hall–Kier alpha value is -0.940. The number of hydrogen-bond donors (Lipinski definition) is 2. The van der Waals surface area contributed by atoms with Crippen LogP contribution in [-0.2, 0) is 17.9 Å². The lowest BCUT2D eigenvalue weighted by atomic mass is 9.94. The molecular formula is C17H25NO3. The van der Waals surface area contributed by atoms with E-state index >= 15 is 0 Å². The highest BCUT2D eigenvalue weighted by Gasteiger charge is 2.37. The van der Waals surface area contributed by atoms with E-state index in [-0.39, 0.29) is 12.7 Å². The molecule has 0 aromatic heterocycles. The second-order valence-electron chi connectivity index (χ2n) is 6.25. The first kappa shape index (κ1) is 15.0. The first-order valence-electron chi connectivity index (χ1n) is 7.96. The van der Waals surface area contributed by atoms with Gasteiger partial charge in [0.15, 0.2) is 0 Å². The van der Waals surface area contributed by atoms with Gasteiger partial charge < -0.3 is 14.9 Å². The van der Waals surface area contributed by atoms with E-state index < -0.39 is 0 Å². The summed E-state index contributed by atoms with van der Waals surface area (Å²) in [4.78, 5) is 2.46. The van der Waals surface area contributed by atoms with Crippen molar-refractivity contribution in [2.45, 2.75) is 44.6 Å². The van der Waals surface area contributed by atoms with Crippen molar-refractivity contribution in [1.82, 2.24) is 4.90 Å². The zero-order chi connectivity index (χ0) is 14.7. The van der Waals surface area contributed by atoms with Crippen LogP contribution in [0.3, 0.4) is 0 Å². The summed E-state index contributed by atoms with van der Waals surface area (Å²) in [5.41, 5.74) is 2.20. The van der Waals surface area contributed by atoms with Gasteiger partial charge in [-0.05, 0) is 24.0 Å². The quantitative estimate of drug-likeness (QED) is 0.883. The fraction of sp³-hybridized carbons (Fsp3) is 0.647. The van der Waals surface area contributed by atoms with E-state index in [2.05, 4.69) is 17.0 Å². The molecule has 1 saturated heterocycles. The van der Waals surface area contributed by atoms with Gasteiger partial charge in [0.05, 0.1) is 25.9 Å². The van der Waals surface area contributed by atoms with Crippen LogP contribution in [0.1, 0.15) is 30.4 Å². The van der Waals surface area contributed by atoms with Crippen LogP contribution in [0.4, 0.5) is 0 Å². The molecule has 2 aliphatic rings. The monoisotopic (exact) mass is 291 g/mol. The lowest BCUT2D eigenvalue weighted by molar-refractivity contribution is -0.0536. The van der Waals surface area contributed by atoms with Gasteiger partial charge in [-0.2, -0.15) is 0 Å². The van der Waals surface area contributed by atoms with Crippen molar-refractivity contribution in [3.63, 3.8) is 0 Å². The van der Waals surface area contributed by atoms with E-state index in [0.717, 1.165) is 51.1 Å². The molecule has 0 amide bonds. The first-order valence-corrected chi connectivity index (χ1v) is 7.96. The van der Waals surface area contributed by atoms with Crippen molar-refractivity contribution in [3.8, 4) is 0 Å². The average molecular weight is 291 g/mol. The molecule has 1 saturated carbocycles. The fourth-order valence-electron chi connectivity index (χ4n) is 3.65. The molecule has 0 bridgehead atoms. The molecule has 3 rings (SSSR count). The molecule has 21 heavy (non-hydrogen) atoms. The van der Waals surface area contributed by atoms with Crippen molar-refractivity contribution in [3.05, 3.63) is 35.4 Å². The topological polar surface area (TPSA) is 52.9 Å². The van der Waals surface area contributed by atoms with Crippen molar-refractivity contribution >= 4 is 0 Å². The third kappa shape index (κ3) is 3.46. The predicted molar refractivity (Wildman–Crippen MR) is 80.7 cm³/mol. The van der Waals surface area contributed by atoms with E-state index in [1.807, 2.05) is 12.1 Å². The Balaban J connectivity index is 1.68. The van der Waals surface area contributed by atoms with Gasteiger partial charge in [0.25, 0.3) is 0 Å². The van der Waals surface area contributed by atoms with Gasteiger partial charge in [-0.25, -0.2) is 0 Å².